The van der Waals surface area contributed by atoms with Crippen molar-refractivity contribution in [2.75, 3.05) is 5.43 Å². The maximum atomic E-state index is 11.1. The first kappa shape index (κ1) is 17.0. The molecule has 2 heterocycles. The zero-order chi connectivity index (χ0) is 18.8. The number of anilines is 1. The van der Waals surface area contributed by atoms with Crippen LogP contribution in [-0.2, 0) is 0 Å². The van der Waals surface area contributed by atoms with Gasteiger partial charge < -0.3 is 4.42 Å². The van der Waals surface area contributed by atoms with Crippen LogP contribution >= 0.6 is 0 Å². The third-order valence-corrected chi connectivity index (χ3v) is 3.42. The summed E-state index contributed by atoms with van der Waals surface area (Å²) in [6, 6.07) is 4.99. The first-order valence-corrected chi connectivity index (χ1v) is 7.32. The lowest BCUT2D eigenvalue weighted by Gasteiger charge is -2.02. The van der Waals surface area contributed by atoms with Crippen LogP contribution in [0.5, 0.6) is 0 Å². The van der Waals surface area contributed by atoms with Crippen molar-refractivity contribution in [2.45, 2.75) is 13.8 Å². The summed E-state index contributed by atoms with van der Waals surface area (Å²) < 4.78 is 5.45. The Balaban J connectivity index is 1.92. The molecule has 0 radical (unpaired) electrons. The van der Waals surface area contributed by atoms with E-state index in [0.717, 1.165) is 12.1 Å². The van der Waals surface area contributed by atoms with Crippen molar-refractivity contribution >= 4 is 34.4 Å². The highest BCUT2D eigenvalue weighted by molar-refractivity contribution is 5.95. The van der Waals surface area contributed by atoms with E-state index >= 15 is 0 Å². The number of hydrogen-bond acceptors (Lipinski definition) is 9. The van der Waals surface area contributed by atoms with Crippen molar-refractivity contribution in [1.82, 2.24) is 9.97 Å². The quantitative estimate of drug-likeness (QED) is 0.416. The highest BCUT2D eigenvalue weighted by Gasteiger charge is 2.19. The molecule has 3 aromatic rings. The number of fused-ring (bicyclic) bond motifs is 1. The Labute approximate surface area is 145 Å². The molecule has 132 valence electrons. The minimum atomic E-state index is -0.725. The summed E-state index contributed by atoms with van der Waals surface area (Å²) in [6.45, 7) is 3.47. The number of aromatic nitrogens is 2. The number of furan rings is 1. The van der Waals surface area contributed by atoms with Crippen LogP contribution in [0.3, 0.4) is 0 Å². The number of nitro benzene ring substituents is 2. The van der Waals surface area contributed by atoms with E-state index in [2.05, 4.69) is 20.5 Å². The van der Waals surface area contributed by atoms with Crippen LogP contribution in [-0.4, -0.2) is 26.0 Å². The molecule has 0 amide bonds. The molecule has 0 fully saturated rings. The molecule has 0 unspecified atom stereocenters. The molecule has 26 heavy (non-hydrogen) atoms. The van der Waals surface area contributed by atoms with Crippen molar-refractivity contribution in [1.29, 1.82) is 0 Å². The smallest absolute Gasteiger partial charge is 0.301 e. The number of nitrogens with one attached hydrogen (secondary N) is 1. The second-order valence-corrected chi connectivity index (χ2v) is 5.32. The van der Waals surface area contributed by atoms with Gasteiger partial charge in [-0.25, -0.2) is 4.98 Å². The molecule has 1 N–H and O–H groups in total. The minimum Gasteiger partial charge on any atom is -0.443 e. The highest BCUT2D eigenvalue weighted by Crippen LogP contribution is 2.29. The van der Waals surface area contributed by atoms with Gasteiger partial charge in [0, 0.05) is 6.07 Å². The lowest BCUT2D eigenvalue weighted by atomic mass is 10.2. The van der Waals surface area contributed by atoms with Crippen LogP contribution in [0.4, 0.5) is 17.1 Å². The van der Waals surface area contributed by atoms with Gasteiger partial charge in [0.05, 0.1) is 33.2 Å². The molecule has 11 nitrogen and oxygen atoms in total. The van der Waals surface area contributed by atoms with Crippen LogP contribution in [0.15, 0.2) is 33.8 Å². The number of hydrazone groups is 1. The van der Waals surface area contributed by atoms with Gasteiger partial charge in [-0.05, 0) is 26.0 Å². The van der Waals surface area contributed by atoms with E-state index < -0.39 is 15.5 Å². The summed E-state index contributed by atoms with van der Waals surface area (Å²) in [5.41, 5.74) is 2.58. The molecular weight excluding hydrogens is 344 g/mol. The van der Waals surface area contributed by atoms with E-state index in [1.165, 1.54) is 12.3 Å². The number of non-ortho nitro benzene ring substituents is 1. The van der Waals surface area contributed by atoms with Gasteiger partial charge in [-0.2, -0.15) is 10.1 Å². The Morgan fingerprint density at radius 2 is 1.92 bits per heavy atom. The molecule has 2 aromatic heterocycles. The lowest BCUT2D eigenvalue weighted by molar-refractivity contribution is -0.393. The molecule has 11 heteroatoms. The Bertz CT molecular complexity index is 1060. The molecule has 0 atom stereocenters. The van der Waals surface area contributed by atoms with Gasteiger partial charge in [0.1, 0.15) is 17.3 Å². The Kier molecular flexibility index (Phi) is 4.27. The van der Waals surface area contributed by atoms with E-state index in [0.29, 0.717) is 28.4 Å². The monoisotopic (exact) mass is 356 g/mol. The largest absolute Gasteiger partial charge is 0.443 e. The average molecular weight is 356 g/mol. The number of nitrogens with zero attached hydrogens (tertiary/aromatic N) is 5. The summed E-state index contributed by atoms with van der Waals surface area (Å²) in [7, 11) is 0. The number of hydrogen-bond donors (Lipinski definition) is 1. The van der Waals surface area contributed by atoms with Crippen molar-refractivity contribution in [3.63, 3.8) is 0 Å². The maximum absolute atomic E-state index is 11.1. The molecule has 0 bridgehead atoms. The summed E-state index contributed by atoms with van der Waals surface area (Å²) in [6.07, 6.45) is 1.37. The second kappa shape index (κ2) is 6.55. The normalized spacial score (nSPS) is 11.2. The summed E-state index contributed by atoms with van der Waals surface area (Å²) >= 11 is 0. The van der Waals surface area contributed by atoms with Crippen molar-refractivity contribution in [3.8, 4) is 0 Å². The van der Waals surface area contributed by atoms with Gasteiger partial charge in [-0.1, -0.05) is 0 Å². The molecule has 0 aliphatic heterocycles. The van der Waals surface area contributed by atoms with Gasteiger partial charge in [-0.3, -0.25) is 25.7 Å². The Morgan fingerprint density at radius 1 is 1.15 bits per heavy atom. The standard InChI is InChI=1S/C15H12N6O5/c1-8-5-11-13(17-9(2)18-15(11)26-8)7-16-19-12-4-3-10(20(22)23)6-14(12)21(24)25/h3-7,19H,1-2H3/b16-7+. The third kappa shape index (κ3) is 3.31. The van der Waals surface area contributed by atoms with E-state index in [1.807, 2.05) is 0 Å². The van der Waals surface area contributed by atoms with Gasteiger partial charge >= 0.3 is 5.69 Å². The van der Waals surface area contributed by atoms with Crippen LogP contribution in [0.2, 0.25) is 0 Å². The molecular formula is C15H12N6O5. The van der Waals surface area contributed by atoms with Crippen LogP contribution in [0.25, 0.3) is 11.1 Å². The van der Waals surface area contributed by atoms with Crippen molar-refractivity contribution in [2.24, 2.45) is 5.10 Å². The number of aryl methyl sites for hydroxylation is 2. The third-order valence-electron chi connectivity index (χ3n) is 3.42. The number of nitro groups is 2. The predicted octanol–water partition coefficient (Wildman–Crippen LogP) is 3.10. The Hall–Kier alpha value is -3.89. The highest BCUT2D eigenvalue weighted by atomic mass is 16.6. The molecule has 0 aliphatic rings. The van der Waals surface area contributed by atoms with Crippen LogP contribution in [0.1, 0.15) is 17.3 Å². The number of benzene rings is 1. The first-order chi connectivity index (χ1) is 12.3. The fourth-order valence-electron chi connectivity index (χ4n) is 2.32. The summed E-state index contributed by atoms with van der Waals surface area (Å²) in [5.74, 6) is 1.14. The fourth-order valence-corrected chi connectivity index (χ4v) is 2.32. The zero-order valence-electron chi connectivity index (χ0n) is 13.7. The predicted molar refractivity (Wildman–Crippen MR) is 92.2 cm³/mol. The molecule has 1 aromatic carbocycles. The van der Waals surface area contributed by atoms with Crippen molar-refractivity contribution in [3.05, 3.63) is 61.8 Å². The van der Waals surface area contributed by atoms with Crippen LogP contribution < -0.4 is 5.43 Å². The van der Waals surface area contributed by atoms with Gasteiger partial charge in [-0.15, -0.1) is 0 Å². The van der Waals surface area contributed by atoms with Gasteiger partial charge in [0.25, 0.3) is 5.69 Å². The first-order valence-electron chi connectivity index (χ1n) is 7.32. The molecule has 3 rings (SSSR count). The van der Waals surface area contributed by atoms with E-state index in [9.17, 15) is 20.2 Å². The second-order valence-electron chi connectivity index (χ2n) is 5.32. The number of rotatable bonds is 5. The van der Waals surface area contributed by atoms with E-state index in [1.54, 1.807) is 19.9 Å². The Morgan fingerprint density at radius 3 is 2.62 bits per heavy atom. The average Bonchev–Trinajstić information content (AvgIpc) is 2.94. The molecule has 0 aliphatic carbocycles. The maximum Gasteiger partial charge on any atom is 0.301 e. The van der Waals surface area contributed by atoms with E-state index in [-0.39, 0.29) is 11.4 Å². The molecule has 0 spiro atoms. The van der Waals surface area contributed by atoms with Gasteiger partial charge in [0.2, 0.25) is 5.71 Å². The zero-order valence-corrected chi connectivity index (χ0v) is 13.7. The minimum absolute atomic E-state index is 0.0160. The van der Waals surface area contributed by atoms with Gasteiger partial charge in [0.15, 0.2) is 0 Å². The fraction of sp³-hybridized carbons (Fsp3) is 0.133. The van der Waals surface area contributed by atoms with Crippen molar-refractivity contribution < 1.29 is 14.3 Å². The molecule has 0 saturated carbocycles. The molecule has 0 saturated heterocycles. The summed E-state index contributed by atoms with van der Waals surface area (Å²) in [4.78, 5) is 28.9. The lowest BCUT2D eigenvalue weighted by Crippen LogP contribution is -2.00. The topological polar surface area (TPSA) is 150 Å². The SMILES string of the molecule is Cc1nc(/C=N/Nc2ccc([N+](=O)[O-])cc2[N+](=O)[O-])c2cc(C)oc2n1. The summed E-state index contributed by atoms with van der Waals surface area (Å²) in [5, 5.41) is 26.5. The van der Waals surface area contributed by atoms with Crippen LogP contribution in [0, 0.1) is 34.1 Å². The van der Waals surface area contributed by atoms with E-state index in [4.69, 9.17) is 4.42 Å².